The Labute approximate surface area is 203 Å². The summed E-state index contributed by atoms with van der Waals surface area (Å²) >= 11 is 3.43. The van der Waals surface area contributed by atoms with Crippen molar-refractivity contribution in [2.45, 2.75) is 0 Å². The predicted molar refractivity (Wildman–Crippen MR) is 132 cm³/mol. The zero-order chi connectivity index (χ0) is 23.9. The number of hydrazine groups is 1. The van der Waals surface area contributed by atoms with Gasteiger partial charge >= 0.3 is 6.03 Å². The Morgan fingerprint density at radius 3 is 2.32 bits per heavy atom. The maximum atomic E-state index is 13.0. The number of halogens is 2. The molecule has 0 spiro atoms. The zero-order valence-electron chi connectivity index (χ0n) is 17.7. The first-order valence-corrected chi connectivity index (χ1v) is 11.0. The molecule has 0 aliphatic rings. The van der Waals surface area contributed by atoms with Gasteiger partial charge in [-0.3, -0.25) is 10.2 Å². The molecule has 170 valence electrons. The molecule has 1 aromatic heterocycles. The minimum Gasteiger partial charge on any atom is -0.307 e. The van der Waals surface area contributed by atoms with Crippen LogP contribution in [0.3, 0.4) is 0 Å². The van der Waals surface area contributed by atoms with E-state index < -0.39 is 17.8 Å². The number of para-hydroxylation sites is 1. The first kappa shape index (κ1) is 22.9. The van der Waals surface area contributed by atoms with Crippen LogP contribution in [-0.2, 0) is 4.79 Å². The largest absolute Gasteiger partial charge is 0.337 e. The van der Waals surface area contributed by atoms with Crippen LogP contribution in [0.15, 0.2) is 95.6 Å². The highest BCUT2D eigenvalue weighted by atomic mass is 79.9. The van der Waals surface area contributed by atoms with Gasteiger partial charge in [0.2, 0.25) is 0 Å². The van der Waals surface area contributed by atoms with Gasteiger partial charge in [-0.05, 0) is 54.6 Å². The highest BCUT2D eigenvalue weighted by molar-refractivity contribution is 9.10. The number of hydrogen-bond donors (Lipinski definition) is 3. The van der Waals surface area contributed by atoms with Gasteiger partial charge in [0, 0.05) is 33.6 Å². The van der Waals surface area contributed by atoms with Crippen molar-refractivity contribution in [2.75, 3.05) is 5.32 Å². The minimum absolute atomic E-state index is 0.385. The SMILES string of the molecule is O=C(/C=C/c1cn(-c2ccccc2)nc1-c1ccc(Br)cc1)NNC(=O)Nc1ccc(F)cc1. The molecule has 4 aromatic rings. The second kappa shape index (κ2) is 10.6. The van der Waals surface area contributed by atoms with E-state index in [1.165, 1.54) is 30.3 Å². The highest BCUT2D eigenvalue weighted by Gasteiger charge is 2.11. The Bertz CT molecular complexity index is 1320. The van der Waals surface area contributed by atoms with Crippen molar-refractivity contribution in [3.63, 3.8) is 0 Å². The number of hydrogen-bond acceptors (Lipinski definition) is 3. The van der Waals surface area contributed by atoms with Crippen LogP contribution in [0.2, 0.25) is 0 Å². The molecule has 9 heteroatoms. The van der Waals surface area contributed by atoms with Crippen LogP contribution in [0.4, 0.5) is 14.9 Å². The Morgan fingerprint density at radius 2 is 1.62 bits per heavy atom. The summed E-state index contributed by atoms with van der Waals surface area (Å²) < 4.78 is 15.6. The molecule has 0 bridgehead atoms. The molecule has 4 rings (SSSR count). The van der Waals surface area contributed by atoms with Crippen molar-refractivity contribution in [3.05, 3.63) is 107 Å². The van der Waals surface area contributed by atoms with E-state index in [0.717, 1.165) is 21.3 Å². The van der Waals surface area contributed by atoms with Crippen LogP contribution in [-0.4, -0.2) is 21.7 Å². The predicted octanol–water partition coefficient (Wildman–Crippen LogP) is 5.31. The third kappa shape index (κ3) is 5.96. The van der Waals surface area contributed by atoms with E-state index in [0.29, 0.717) is 11.4 Å². The second-order valence-electron chi connectivity index (χ2n) is 7.13. The van der Waals surface area contributed by atoms with Gasteiger partial charge < -0.3 is 5.32 Å². The minimum atomic E-state index is -0.666. The number of carbonyl (C=O) groups excluding carboxylic acids is 2. The molecule has 7 nitrogen and oxygen atoms in total. The Hall–Kier alpha value is -4.24. The molecule has 34 heavy (non-hydrogen) atoms. The molecule has 0 radical (unpaired) electrons. The molecular weight excluding hydrogens is 501 g/mol. The number of rotatable bonds is 5. The lowest BCUT2D eigenvalue weighted by Gasteiger charge is -2.07. The van der Waals surface area contributed by atoms with Crippen molar-refractivity contribution in [1.82, 2.24) is 20.6 Å². The summed E-state index contributed by atoms with van der Waals surface area (Å²) in [6.07, 6.45) is 4.75. The van der Waals surface area contributed by atoms with Crippen LogP contribution in [0.25, 0.3) is 23.0 Å². The van der Waals surface area contributed by atoms with Gasteiger partial charge in [-0.25, -0.2) is 19.3 Å². The average molecular weight is 520 g/mol. The Balaban J connectivity index is 1.47. The fraction of sp³-hybridized carbons (Fsp3) is 0. The molecule has 0 unspecified atom stereocenters. The number of nitrogens with one attached hydrogen (secondary N) is 3. The lowest BCUT2D eigenvalue weighted by Crippen LogP contribution is -2.43. The third-order valence-electron chi connectivity index (χ3n) is 4.70. The number of amides is 3. The standard InChI is InChI=1S/C25H19BrFN5O2/c26-19-9-6-17(7-10-19)24-18(16-32(31-24)22-4-2-1-3-5-22)8-15-23(33)29-30-25(34)28-21-13-11-20(27)12-14-21/h1-16H,(H,29,33)(H2,28,30,34)/b15-8+. The van der Waals surface area contributed by atoms with Crippen molar-refractivity contribution < 1.29 is 14.0 Å². The van der Waals surface area contributed by atoms with Gasteiger partial charge in [-0.1, -0.05) is 46.3 Å². The monoisotopic (exact) mass is 519 g/mol. The molecule has 1 heterocycles. The van der Waals surface area contributed by atoms with Crippen LogP contribution in [0, 0.1) is 5.82 Å². The molecule has 0 saturated heterocycles. The molecule has 0 aliphatic heterocycles. The van der Waals surface area contributed by atoms with Gasteiger partial charge in [0.15, 0.2) is 0 Å². The summed E-state index contributed by atoms with van der Waals surface area (Å²) in [5, 5.41) is 7.18. The zero-order valence-corrected chi connectivity index (χ0v) is 19.3. The van der Waals surface area contributed by atoms with Crippen LogP contribution >= 0.6 is 15.9 Å². The number of benzene rings is 3. The van der Waals surface area contributed by atoms with Crippen molar-refractivity contribution in [3.8, 4) is 16.9 Å². The third-order valence-corrected chi connectivity index (χ3v) is 5.23. The van der Waals surface area contributed by atoms with Gasteiger partial charge in [0.25, 0.3) is 5.91 Å². The number of aromatic nitrogens is 2. The fourth-order valence-electron chi connectivity index (χ4n) is 3.08. The number of anilines is 1. The molecule has 3 amide bonds. The first-order chi connectivity index (χ1) is 16.5. The second-order valence-corrected chi connectivity index (χ2v) is 8.04. The topological polar surface area (TPSA) is 88.1 Å². The summed E-state index contributed by atoms with van der Waals surface area (Å²) in [5.41, 5.74) is 8.10. The van der Waals surface area contributed by atoms with Crippen molar-refractivity contribution in [1.29, 1.82) is 0 Å². The maximum Gasteiger partial charge on any atom is 0.337 e. The van der Waals surface area contributed by atoms with Crippen molar-refractivity contribution in [2.24, 2.45) is 0 Å². The maximum absolute atomic E-state index is 13.0. The van der Waals surface area contributed by atoms with Crippen molar-refractivity contribution >= 4 is 39.6 Å². The van der Waals surface area contributed by atoms with E-state index in [2.05, 4.69) is 32.1 Å². The number of urea groups is 1. The summed E-state index contributed by atoms with van der Waals surface area (Å²) in [4.78, 5) is 24.2. The van der Waals surface area contributed by atoms with E-state index in [4.69, 9.17) is 5.10 Å². The number of nitrogens with zero attached hydrogens (tertiary/aromatic N) is 2. The summed E-state index contributed by atoms with van der Waals surface area (Å²) in [7, 11) is 0. The normalized spacial score (nSPS) is 10.8. The molecule has 0 saturated carbocycles. The lowest BCUT2D eigenvalue weighted by molar-refractivity contribution is -0.117. The van der Waals surface area contributed by atoms with Gasteiger partial charge in [-0.15, -0.1) is 0 Å². The van der Waals surface area contributed by atoms with E-state index in [-0.39, 0.29) is 0 Å². The first-order valence-electron chi connectivity index (χ1n) is 10.2. The Kier molecular flexibility index (Phi) is 7.14. The van der Waals surface area contributed by atoms with Gasteiger partial charge in [-0.2, -0.15) is 5.10 Å². The molecule has 3 aromatic carbocycles. The molecular formula is C25H19BrFN5O2. The lowest BCUT2D eigenvalue weighted by atomic mass is 10.1. The summed E-state index contributed by atoms with van der Waals surface area (Å²) in [6, 6.07) is 21.9. The number of carbonyl (C=O) groups is 2. The molecule has 0 aliphatic carbocycles. The van der Waals surface area contributed by atoms with Crippen LogP contribution in [0.1, 0.15) is 5.56 Å². The molecule has 3 N–H and O–H groups in total. The summed E-state index contributed by atoms with van der Waals surface area (Å²) in [6.45, 7) is 0. The molecule has 0 atom stereocenters. The summed E-state index contributed by atoms with van der Waals surface area (Å²) in [5.74, 6) is -0.953. The fourth-order valence-corrected chi connectivity index (χ4v) is 3.34. The average Bonchev–Trinajstić information content (AvgIpc) is 3.28. The van der Waals surface area contributed by atoms with Crippen LogP contribution in [0.5, 0.6) is 0 Å². The Morgan fingerprint density at radius 1 is 0.912 bits per heavy atom. The van der Waals surface area contributed by atoms with E-state index in [9.17, 15) is 14.0 Å². The molecule has 0 fully saturated rings. The highest BCUT2D eigenvalue weighted by Crippen LogP contribution is 2.26. The van der Waals surface area contributed by atoms with Gasteiger partial charge in [0.1, 0.15) is 5.82 Å². The quantitative estimate of drug-likeness (QED) is 0.246. The van der Waals surface area contributed by atoms with E-state index in [1.807, 2.05) is 60.8 Å². The van der Waals surface area contributed by atoms with E-state index in [1.54, 1.807) is 10.8 Å². The van der Waals surface area contributed by atoms with E-state index >= 15 is 0 Å². The smallest absolute Gasteiger partial charge is 0.307 e. The van der Waals surface area contributed by atoms with Crippen LogP contribution < -0.4 is 16.2 Å². The van der Waals surface area contributed by atoms with Gasteiger partial charge in [0.05, 0.1) is 11.4 Å².